The van der Waals surface area contributed by atoms with E-state index in [1.165, 1.54) is 6.07 Å². The van der Waals surface area contributed by atoms with E-state index >= 15 is 0 Å². The lowest BCUT2D eigenvalue weighted by molar-refractivity contribution is -0.121. The lowest BCUT2D eigenvalue weighted by atomic mass is 9.92. The molecule has 33 heavy (non-hydrogen) atoms. The molecular formula is C25H28N2O5S. The maximum atomic E-state index is 13.4. The molecule has 174 valence electrons. The van der Waals surface area contributed by atoms with Gasteiger partial charge in [0.1, 0.15) is 11.9 Å². The molecule has 0 saturated heterocycles. The van der Waals surface area contributed by atoms with E-state index in [-0.39, 0.29) is 11.0 Å². The van der Waals surface area contributed by atoms with Gasteiger partial charge in [0.05, 0.1) is 22.4 Å². The van der Waals surface area contributed by atoms with Gasteiger partial charge in [0.25, 0.3) is 10.0 Å². The standard InChI is InChI=1S/C25H28N2O5S/c1-4-18-10-11-22(32-17(2)16-31-3)20(15-18)25(12-13-25)24(28)27-33(29,30)23-9-5-8-21-19(23)7-6-14-26-21/h5-11,14-15,17H,4,12-13,16H2,1-3H3,(H,27,28). The van der Waals surface area contributed by atoms with Crippen LogP contribution in [0.1, 0.15) is 37.8 Å². The van der Waals surface area contributed by atoms with Crippen LogP contribution < -0.4 is 9.46 Å². The Morgan fingerprint density at radius 1 is 1.18 bits per heavy atom. The van der Waals surface area contributed by atoms with Gasteiger partial charge in [0.2, 0.25) is 5.91 Å². The van der Waals surface area contributed by atoms with Crippen molar-refractivity contribution in [3.63, 3.8) is 0 Å². The SMILES string of the molecule is CCc1ccc(OC(C)COC)c(C2(C(=O)NS(=O)(=O)c3cccc4ncccc34)CC2)c1. The topological polar surface area (TPSA) is 94.6 Å². The van der Waals surface area contributed by atoms with E-state index in [1.54, 1.807) is 37.6 Å². The van der Waals surface area contributed by atoms with Gasteiger partial charge in [-0.15, -0.1) is 0 Å². The van der Waals surface area contributed by atoms with Gasteiger partial charge >= 0.3 is 0 Å². The van der Waals surface area contributed by atoms with E-state index in [1.807, 2.05) is 32.0 Å². The maximum Gasteiger partial charge on any atom is 0.264 e. The van der Waals surface area contributed by atoms with E-state index in [4.69, 9.17) is 9.47 Å². The fraction of sp³-hybridized carbons (Fsp3) is 0.360. The van der Waals surface area contributed by atoms with Crippen LogP contribution in [0.5, 0.6) is 5.75 Å². The summed E-state index contributed by atoms with van der Waals surface area (Å²) in [5.41, 5.74) is 1.38. The molecule has 1 atom stereocenters. The second-order valence-electron chi connectivity index (χ2n) is 8.41. The summed E-state index contributed by atoms with van der Waals surface area (Å²) in [4.78, 5) is 17.7. The molecule has 0 radical (unpaired) electrons. The number of fused-ring (bicyclic) bond motifs is 1. The molecule has 1 aliphatic rings. The third-order valence-electron chi connectivity index (χ3n) is 6.00. The molecule has 4 rings (SSSR count). The van der Waals surface area contributed by atoms with Gasteiger partial charge in [-0.1, -0.05) is 25.1 Å². The fourth-order valence-electron chi connectivity index (χ4n) is 4.09. The molecule has 1 aromatic heterocycles. The lowest BCUT2D eigenvalue weighted by Crippen LogP contribution is -2.39. The number of aryl methyl sites for hydroxylation is 1. The summed E-state index contributed by atoms with van der Waals surface area (Å²) in [6, 6.07) is 14.0. The number of rotatable bonds is 9. The quantitative estimate of drug-likeness (QED) is 0.514. The highest BCUT2D eigenvalue weighted by Crippen LogP contribution is 2.52. The summed E-state index contributed by atoms with van der Waals surface area (Å²) >= 11 is 0. The Balaban J connectivity index is 1.68. The number of sulfonamides is 1. The van der Waals surface area contributed by atoms with E-state index in [2.05, 4.69) is 9.71 Å². The van der Waals surface area contributed by atoms with Crippen LogP contribution in [0.3, 0.4) is 0 Å². The zero-order valence-electron chi connectivity index (χ0n) is 19.0. The smallest absolute Gasteiger partial charge is 0.264 e. The normalized spacial score (nSPS) is 15.7. The summed E-state index contributed by atoms with van der Waals surface area (Å²) in [7, 11) is -2.50. The number of hydrogen-bond donors (Lipinski definition) is 1. The average molecular weight is 469 g/mol. The third kappa shape index (κ3) is 4.58. The van der Waals surface area contributed by atoms with Crippen LogP contribution in [0, 0.1) is 0 Å². The molecule has 1 heterocycles. The first-order chi connectivity index (χ1) is 15.8. The number of carbonyl (C=O) groups is 1. The highest BCUT2D eigenvalue weighted by molar-refractivity contribution is 7.90. The molecule has 7 nitrogen and oxygen atoms in total. The van der Waals surface area contributed by atoms with Crippen LogP contribution >= 0.6 is 0 Å². The minimum absolute atomic E-state index is 0.0322. The monoisotopic (exact) mass is 468 g/mol. The number of amides is 1. The number of methoxy groups -OCH3 is 1. The highest BCUT2D eigenvalue weighted by atomic mass is 32.2. The van der Waals surface area contributed by atoms with Gasteiger partial charge in [0, 0.05) is 24.3 Å². The number of ether oxygens (including phenoxy) is 2. The Hall–Kier alpha value is -2.97. The van der Waals surface area contributed by atoms with Crippen LogP contribution in [-0.2, 0) is 31.4 Å². The van der Waals surface area contributed by atoms with E-state index in [0.717, 1.165) is 17.5 Å². The Bertz CT molecular complexity index is 1280. The Morgan fingerprint density at radius 2 is 1.97 bits per heavy atom. The zero-order valence-corrected chi connectivity index (χ0v) is 19.8. The molecule has 0 aliphatic heterocycles. The first-order valence-electron chi connectivity index (χ1n) is 11.0. The molecular weight excluding hydrogens is 440 g/mol. The molecule has 3 aromatic rings. The van der Waals surface area contributed by atoms with Gasteiger partial charge in [0.15, 0.2) is 0 Å². The van der Waals surface area contributed by atoms with E-state index < -0.39 is 21.3 Å². The molecule has 2 aromatic carbocycles. The van der Waals surface area contributed by atoms with Gasteiger partial charge in [-0.2, -0.15) is 0 Å². The van der Waals surface area contributed by atoms with Crippen LogP contribution in [0.4, 0.5) is 0 Å². The van der Waals surface area contributed by atoms with Gasteiger partial charge < -0.3 is 9.47 Å². The predicted molar refractivity (Wildman–Crippen MR) is 126 cm³/mol. The molecule has 1 fully saturated rings. The molecule has 1 N–H and O–H groups in total. The summed E-state index contributed by atoms with van der Waals surface area (Å²) in [6.07, 6.45) is 3.27. The molecule has 0 spiro atoms. The Morgan fingerprint density at radius 3 is 2.67 bits per heavy atom. The molecule has 1 amide bonds. The second kappa shape index (κ2) is 9.11. The first-order valence-corrected chi connectivity index (χ1v) is 12.5. The Kier molecular flexibility index (Phi) is 6.41. The van der Waals surface area contributed by atoms with Crippen molar-refractivity contribution in [2.45, 2.75) is 49.5 Å². The molecule has 1 aliphatic carbocycles. The first kappa shape index (κ1) is 23.2. The summed E-state index contributed by atoms with van der Waals surface area (Å²) in [5, 5.41) is 0.468. The highest BCUT2D eigenvalue weighted by Gasteiger charge is 2.54. The van der Waals surface area contributed by atoms with Crippen LogP contribution in [0.2, 0.25) is 0 Å². The number of pyridine rings is 1. The van der Waals surface area contributed by atoms with Crippen molar-refractivity contribution >= 4 is 26.8 Å². The number of aromatic nitrogens is 1. The van der Waals surface area contributed by atoms with Gasteiger partial charge in [-0.05, 0) is 62.1 Å². The van der Waals surface area contributed by atoms with Crippen molar-refractivity contribution in [1.29, 1.82) is 0 Å². The van der Waals surface area contributed by atoms with E-state index in [9.17, 15) is 13.2 Å². The number of benzene rings is 2. The minimum atomic E-state index is -4.10. The van der Waals surface area contributed by atoms with Gasteiger partial charge in [-0.25, -0.2) is 13.1 Å². The van der Waals surface area contributed by atoms with Crippen LogP contribution in [0.15, 0.2) is 59.6 Å². The zero-order chi connectivity index (χ0) is 23.6. The number of nitrogens with zero attached hydrogens (tertiary/aromatic N) is 1. The van der Waals surface area contributed by atoms with Crippen molar-refractivity contribution in [2.24, 2.45) is 0 Å². The van der Waals surface area contributed by atoms with Crippen molar-refractivity contribution in [3.8, 4) is 5.75 Å². The lowest BCUT2D eigenvalue weighted by Gasteiger charge is -2.23. The summed E-state index contributed by atoms with van der Waals surface area (Å²) in [5.74, 6) is 0.0389. The maximum absolute atomic E-state index is 13.4. The number of nitrogens with one attached hydrogen (secondary N) is 1. The third-order valence-corrected chi connectivity index (χ3v) is 7.39. The molecule has 1 unspecified atom stereocenters. The van der Waals surface area contributed by atoms with Crippen LogP contribution in [0.25, 0.3) is 10.9 Å². The van der Waals surface area contributed by atoms with Crippen molar-refractivity contribution in [1.82, 2.24) is 9.71 Å². The molecule has 1 saturated carbocycles. The van der Waals surface area contributed by atoms with Crippen molar-refractivity contribution in [2.75, 3.05) is 13.7 Å². The Labute approximate surface area is 194 Å². The van der Waals surface area contributed by atoms with Crippen molar-refractivity contribution in [3.05, 3.63) is 65.9 Å². The predicted octanol–water partition coefficient (Wildman–Crippen LogP) is 3.75. The van der Waals surface area contributed by atoms with Crippen LogP contribution in [-0.4, -0.2) is 39.1 Å². The summed E-state index contributed by atoms with van der Waals surface area (Å²) in [6.45, 7) is 4.32. The van der Waals surface area contributed by atoms with E-state index in [0.29, 0.717) is 36.1 Å². The molecule has 0 bridgehead atoms. The van der Waals surface area contributed by atoms with Crippen molar-refractivity contribution < 1.29 is 22.7 Å². The summed E-state index contributed by atoms with van der Waals surface area (Å²) < 4.78 is 40.0. The fourth-order valence-corrected chi connectivity index (χ4v) is 5.36. The average Bonchev–Trinajstić information content (AvgIpc) is 3.61. The minimum Gasteiger partial charge on any atom is -0.488 e. The van der Waals surface area contributed by atoms with Gasteiger partial charge in [-0.3, -0.25) is 9.78 Å². The largest absolute Gasteiger partial charge is 0.488 e. The molecule has 8 heteroatoms. The number of hydrogen-bond acceptors (Lipinski definition) is 6. The number of carbonyl (C=O) groups excluding carboxylic acids is 1. The second-order valence-corrected chi connectivity index (χ2v) is 10.1.